The van der Waals surface area contributed by atoms with Crippen LogP contribution in [0.25, 0.3) is 0 Å². The number of nitrogens with one attached hydrogen (secondary N) is 1. The minimum Gasteiger partial charge on any atom is -0.496 e. The Bertz CT molecular complexity index is 680. The SMILES string of the molecule is COc1ccccc1C1CNCCN1S(=O)(=O)N(C)C1CCCCC1.Cl. The number of methoxy groups -OCH3 is 1. The molecular formula is C18H30ClN3O3S. The number of benzene rings is 1. The number of rotatable bonds is 5. The van der Waals surface area contributed by atoms with Crippen molar-refractivity contribution in [1.82, 2.24) is 13.9 Å². The van der Waals surface area contributed by atoms with E-state index in [4.69, 9.17) is 4.74 Å². The first-order chi connectivity index (χ1) is 12.1. The van der Waals surface area contributed by atoms with Crippen LogP contribution in [0, 0.1) is 0 Å². The topological polar surface area (TPSA) is 61.9 Å². The Morgan fingerprint density at radius 1 is 1.19 bits per heavy atom. The standard InChI is InChI=1S/C18H29N3O3S.ClH/c1-20(15-8-4-3-5-9-15)25(22,23)21-13-12-19-14-17(21)16-10-6-7-11-18(16)24-2;/h6-7,10-11,15,17,19H,3-5,8-9,12-14H2,1-2H3;1H. The zero-order chi connectivity index (χ0) is 17.9. The fourth-order valence-electron chi connectivity index (χ4n) is 3.97. The third-order valence-electron chi connectivity index (χ3n) is 5.44. The summed E-state index contributed by atoms with van der Waals surface area (Å²) < 4.78 is 35.4. The van der Waals surface area contributed by atoms with Crippen LogP contribution in [0.3, 0.4) is 0 Å². The highest BCUT2D eigenvalue weighted by Crippen LogP contribution is 2.34. The maximum absolute atomic E-state index is 13.4. The molecule has 6 nitrogen and oxygen atoms in total. The van der Waals surface area contributed by atoms with E-state index in [0.29, 0.717) is 19.6 Å². The molecule has 1 atom stereocenters. The molecule has 1 heterocycles. The van der Waals surface area contributed by atoms with E-state index in [0.717, 1.165) is 37.0 Å². The summed E-state index contributed by atoms with van der Waals surface area (Å²) in [5, 5.41) is 3.32. The molecule has 1 aromatic rings. The van der Waals surface area contributed by atoms with Crippen molar-refractivity contribution >= 4 is 22.6 Å². The number of halogens is 1. The minimum absolute atomic E-state index is 0. The summed E-state index contributed by atoms with van der Waals surface area (Å²) in [7, 11) is -0.143. The second kappa shape index (κ2) is 9.37. The number of nitrogens with zero attached hydrogens (tertiary/aromatic N) is 2. The predicted molar refractivity (Wildman–Crippen MR) is 106 cm³/mol. The van der Waals surface area contributed by atoms with Crippen LogP contribution in [-0.4, -0.2) is 56.9 Å². The van der Waals surface area contributed by atoms with Gasteiger partial charge in [0.2, 0.25) is 0 Å². The molecule has 0 bridgehead atoms. The molecule has 1 aliphatic carbocycles. The predicted octanol–water partition coefficient (Wildman–Crippen LogP) is 2.57. The molecule has 26 heavy (non-hydrogen) atoms. The first kappa shape index (κ1) is 21.4. The van der Waals surface area contributed by atoms with Gasteiger partial charge in [0.05, 0.1) is 13.2 Å². The highest BCUT2D eigenvalue weighted by atomic mass is 35.5. The van der Waals surface area contributed by atoms with E-state index in [-0.39, 0.29) is 24.5 Å². The van der Waals surface area contributed by atoms with E-state index < -0.39 is 10.2 Å². The van der Waals surface area contributed by atoms with Crippen LogP contribution in [0.15, 0.2) is 24.3 Å². The summed E-state index contributed by atoms with van der Waals surface area (Å²) in [6, 6.07) is 7.56. The van der Waals surface area contributed by atoms with Gasteiger partial charge in [0.25, 0.3) is 10.2 Å². The maximum atomic E-state index is 13.4. The van der Waals surface area contributed by atoms with Gasteiger partial charge >= 0.3 is 0 Å². The van der Waals surface area contributed by atoms with Gasteiger partial charge in [0.15, 0.2) is 0 Å². The van der Waals surface area contributed by atoms with Gasteiger partial charge in [-0.15, -0.1) is 12.4 Å². The van der Waals surface area contributed by atoms with Crippen molar-refractivity contribution in [3.63, 3.8) is 0 Å². The number of para-hydroxylation sites is 1. The highest BCUT2D eigenvalue weighted by molar-refractivity contribution is 7.86. The molecule has 1 N–H and O–H groups in total. The zero-order valence-electron chi connectivity index (χ0n) is 15.6. The Balaban J connectivity index is 0.00000243. The third-order valence-corrected chi connectivity index (χ3v) is 7.50. The summed E-state index contributed by atoms with van der Waals surface area (Å²) >= 11 is 0. The number of hydrogen-bond acceptors (Lipinski definition) is 4. The van der Waals surface area contributed by atoms with Gasteiger partial charge < -0.3 is 10.1 Å². The lowest BCUT2D eigenvalue weighted by molar-refractivity contribution is 0.220. The van der Waals surface area contributed by atoms with Crippen molar-refractivity contribution in [1.29, 1.82) is 0 Å². The van der Waals surface area contributed by atoms with Gasteiger partial charge in [-0.25, -0.2) is 0 Å². The van der Waals surface area contributed by atoms with Gasteiger partial charge in [-0.1, -0.05) is 37.5 Å². The molecule has 3 rings (SSSR count). The van der Waals surface area contributed by atoms with Gasteiger partial charge in [-0.05, 0) is 18.9 Å². The summed E-state index contributed by atoms with van der Waals surface area (Å²) in [5.74, 6) is 0.733. The molecule has 1 unspecified atom stereocenters. The van der Waals surface area contributed by atoms with Crippen LogP contribution in [-0.2, 0) is 10.2 Å². The lowest BCUT2D eigenvalue weighted by Gasteiger charge is -2.40. The Kier molecular flexibility index (Phi) is 7.73. The summed E-state index contributed by atoms with van der Waals surface area (Å²) in [5.41, 5.74) is 0.915. The second-order valence-electron chi connectivity index (χ2n) is 6.89. The molecule has 1 aromatic carbocycles. The number of hydrogen-bond donors (Lipinski definition) is 1. The Labute approximate surface area is 163 Å². The van der Waals surface area contributed by atoms with E-state index >= 15 is 0 Å². The van der Waals surface area contributed by atoms with Gasteiger partial charge in [-0.2, -0.15) is 17.0 Å². The Morgan fingerprint density at radius 2 is 1.88 bits per heavy atom. The average Bonchev–Trinajstić information content (AvgIpc) is 2.68. The maximum Gasteiger partial charge on any atom is 0.282 e. The van der Waals surface area contributed by atoms with Crippen LogP contribution in [0.4, 0.5) is 0 Å². The van der Waals surface area contributed by atoms with Gasteiger partial charge in [0, 0.05) is 38.3 Å². The normalized spacial score (nSPS) is 22.8. The van der Waals surface area contributed by atoms with E-state index in [1.54, 1.807) is 22.8 Å². The molecule has 2 fully saturated rings. The minimum atomic E-state index is -3.51. The van der Waals surface area contributed by atoms with Gasteiger partial charge in [0.1, 0.15) is 5.75 Å². The van der Waals surface area contributed by atoms with E-state index in [1.165, 1.54) is 6.42 Å². The molecule has 1 aliphatic heterocycles. The Hall–Kier alpha value is -0.860. The lowest BCUT2D eigenvalue weighted by Crippen LogP contribution is -2.54. The molecule has 2 aliphatic rings. The molecule has 8 heteroatoms. The van der Waals surface area contributed by atoms with Crippen molar-refractivity contribution in [2.45, 2.75) is 44.2 Å². The van der Waals surface area contributed by atoms with Crippen LogP contribution >= 0.6 is 12.4 Å². The van der Waals surface area contributed by atoms with Crippen molar-refractivity contribution in [3.05, 3.63) is 29.8 Å². The van der Waals surface area contributed by atoms with Crippen LogP contribution < -0.4 is 10.1 Å². The van der Waals surface area contributed by atoms with E-state index in [1.807, 2.05) is 24.3 Å². The fraction of sp³-hybridized carbons (Fsp3) is 0.667. The lowest BCUT2D eigenvalue weighted by atomic mass is 9.96. The molecule has 0 radical (unpaired) electrons. The van der Waals surface area contributed by atoms with E-state index in [9.17, 15) is 8.42 Å². The van der Waals surface area contributed by atoms with E-state index in [2.05, 4.69) is 5.32 Å². The van der Waals surface area contributed by atoms with Crippen LogP contribution in [0.5, 0.6) is 5.75 Å². The zero-order valence-corrected chi connectivity index (χ0v) is 17.2. The summed E-state index contributed by atoms with van der Waals surface area (Å²) in [4.78, 5) is 0. The largest absolute Gasteiger partial charge is 0.496 e. The highest BCUT2D eigenvalue weighted by Gasteiger charge is 2.39. The average molecular weight is 404 g/mol. The second-order valence-corrected chi connectivity index (χ2v) is 8.83. The van der Waals surface area contributed by atoms with Crippen LogP contribution in [0.1, 0.15) is 43.7 Å². The number of ether oxygens (including phenoxy) is 1. The fourth-order valence-corrected chi connectivity index (χ4v) is 5.72. The van der Waals surface area contributed by atoms with Crippen molar-refractivity contribution in [3.8, 4) is 5.75 Å². The first-order valence-electron chi connectivity index (χ1n) is 9.14. The molecule has 148 valence electrons. The van der Waals surface area contributed by atoms with Crippen molar-refractivity contribution in [2.75, 3.05) is 33.8 Å². The van der Waals surface area contributed by atoms with Crippen molar-refractivity contribution in [2.24, 2.45) is 0 Å². The molecule has 0 amide bonds. The van der Waals surface area contributed by atoms with Crippen molar-refractivity contribution < 1.29 is 13.2 Å². The summed E-state index contributed by atoms with van der Waals surface area (Å²) in [6.45, 7) is 1.74. The summed E-state index contributed by atoms with van der Waals surface area (Å²) in [6.07, 6.45) is 5.36. The molecule has 0 spiro atoms. The molecule has 1 saturated heterocycles. The molecule has 0 aromatic heterocycles. The quantitative estimate of drug-likeness (QED) is 0.820. The Morgan fingerprint density at radius 3 is 2.58 bits per heavy atom. The van der Waals surface area contributed by atoms with Crippen LogP contribution in [0.2, 0.25) is 0 Å². The third kappa shape index (κ3) is 4.34. The smallest absolute Gasteiger partial charge is 0.282 e. The monoisotopic (exact) mass is 403 g/mol. The first-order valence-corrected chi connectivity index (χ1v) is 10.5. The number of piperazine rings is 1. The van der Waals surface area contributed by atoms with Gasteiger partial charge in [-0.3, -0.25) is 0 Å². The molecular weight excluding hydrogens is 374 g/mol. The molecule has 1 saturated carbocycles.